The van der Waals surface area contributed by atoms with E-state index in [2.05, 4.69) is 31.5 Å². The number of anilines is 1. The standard InChI is InChI=1S/C52H64F2N10O16/c1-52(2,3)80-50(73)61-77-19-8-6-7-9-36(65)55-17-16-37(66)56-24-30-21-28(10-15-35(30)78-49-44(69)42(67)43(68)45(79-49)48(71)72)25-76-51(74)63(18-20-75-5)27-64-47(70)33-22-32(54)23-34-38(33)41(60-64)39(46-57-26-58-62(46)4)40(59-34)29-11-13-31(53)14-12-29/h10-15,21-23,26,39-40,42-45,49,59,67-69H,6-9,16-20,24-25,27H2,1-5H3,(H,55,65)(H,56,66)(H,61,73)(H,71,72)/t39-,40-,42+,43+,44-,45+,49-/m1/s1. The molecule has 4 heterocycles. The number of hydroxylamine groups is 1. The van der Waals surface area contributed by atoms with Gasteiger partial charge in [-0.1, -0.05) is 24.6 Å². The monoisotopic (exact) mass is 1120 g/mol. The van der Waals surface area contributed by atoms with Gasteiger partial charge in [-0.3, -0.25) is 28.8 Å². The highest BCUT2D eigenvalue weighted by Crippen LogP contribution is 2.46. The van der Waals surface area contributed by atoms with Crippen molar-refractivity contribution in [2.45, 2.75) is 121 Å². The topological polar surface area (TPSA) is 339 Å². The molecule has 5 aromatic rings. The zero-order valence-corrected chi connectivity index (χ0v) is 44.4. The summed E-state index contributed by atoms with van der Waals surface area (Å²) in [6.07, 6.45) is -8.42. The molecule has 7 rings (SSSR count). The van der Waals surface area contributed by atoms with Crippen LogP contribution in [0.25, 0.3) is 10.8 Å². The molecule has 26 nitrogen and oxygen atoms in total. The van der Waals surface area contributed by atoms with Gasteiger partial charge in [-0.05, 0) is 81.1 Å². The van der Waals surface area contributed by atoms with E-state index in [9.17, 15) is 53.6 Å². The number of methoxy groups -OCH3 is 1. The van der Waals surface area contributed by atoms with E-state index >= 15 is 4.39 Å². The van der Waals surface area contributed by atoms with E-state index in [4.69, 9.17) is 33.6 Å². The molecule has 432 valence electrons. The van der Waals surface area contributed by atoms with Gasteiger partial charge in [-0.2, -0.15) is 15.7 Å². The summed E-state index contributed by atoms with van der Waals surface area (Å²) >= 11 is 0. The quantitative estimate of drug-likeness (QED) is 0.0325. The summed E-state index contributed by atoms with van der Waals surface area (Å²) in [5, 5.41) is 59.0. The number of hydrogen-bond donors (Lipinski definition) is 8. The van der Waals surface area contributed by atoms with Crippen LogP contribution in [-0.2, 0) is 65.0 Å². The molecule has 80 heavy (non-hydrogen) atoms. The first kappa shape index (κ1) is 59.8. The van der Waals surface area contributed by atoms with E-state index in [1.165, 1.54) is 54.5 Å². The maximum absolute atomic E-state index is 15.4. The molecule has 2 aliphatic heterocycles. The van der Waals surface area contributed by atoms with Crippen molar-refractivity contribution in [1.29, 1.82) is 0 Å². The third-order valence-corrected chi connectivity index (χ3v) is 12.8. The fraction of sp³-hybridized carbons (Fsp3) is 0.481. The number of carboxylic acids is 1. The van der Waals surface area contributed by atoms with Crippen LogP contribution in [0, 0.1) is 11.6 Å². The number of benzene rings is 3. The van der Waals surface area contributed by atoms with Crippen molar-refractivity contribution in [2.75, 3.05) is 38.7 Å². The molecule has 8 N–H and O–H groups in total. The number of aliphatic hydroxyl groups excluding tert-OH is 3. The van der Waals surface area contributed by atoms with Crippen LogP contribution in [0.2, 0.25) is 0 Å². The lowest BCUT2D eigenvalue weighted by Gasteiger charge is -2.38. The first-order valence-corrected chi connectivity index (χ1v) is 25.5. The van der Waals surface area contributed by atoms with E-state index < -0.39 is 103 Å². The highest BCUT2D eigenvalue weighted by Gasteiger charge is 2.48. The van der Waals surface area contributed by atoms with E-state index in [-0.39, 0.29) is 79.7 Å². The number of nitrogens with one attached hydrogen (secondary N) is 4. The number of nitrogens with zero attached hydrogens (tertiary/aromatic N) is 6. The number of aliphatic carboxylic acids is 1. The lowest BCUT2D eigenvalue weighted by Crippen LogP contribution is -2.61. The van der Waals surface area contributed by atoms with Crippen molar-refractivity contribution in [2.24, 2.45) is 7.05 Å². The first-order valence-electron chi connectivity index (χ1n) is 25.5. The third-order valence-electron chi connectivity index (χ3n) is 12.8. The Kier molecular flexibility index (Phi) is 20.1. The molecule has 0 bridgehead atoms. The number of aromatic nitrogens is 5. The SMILES string of the molecule is COCCN(Cn1nc2c3c(cc(F)cc3c1=O)N[C@H](c1ccc(F)cc1)[C@H]2c1ncnn1C)C(=O)OCc1ccc(O[C@@H]2O[C@H](C(=O)O)[C@@H](O)[C@H](O)[C@H]2O)c(CNC(=O)CCNC(=O)CCCCCONC(=O)OC(C)(C)C)c1. The summed E-state index contributed by atoms with van der Waals surface area (Å²) in [5.74, 6) is -4.17. The van der Waals surface area contributed by atoms with Crippen LogP contribution in [0.1, 0.15) is 93.0 Å². The van der Waals surface area contributed by atoms with Crippen molar-refractivity contribution in [3.8, 4) is 5.75 Å². The highest BCUT2D eigenvalue weighted by molar-refractivity contribution is 5.97. The zero-order chi connectivity index (χ0) is 57.8. The number of amides is 4. The van der Waals surface area contributed by atoms with Crippen LogP contribution in [0.5, 0.6) is 5.75 Å². The van der Waals surface area contributed by atoms with E-state index in [0.29, 0.717) is 41.6 Å². The van der Waals surface area contributed by atoms with Crippen LogP contribution < -0.4 is 31.7 Å². The Bertz CT molecular complexity index is 3070. The summed E-state index contributed by atoms with van der Waals surface area (Å²) in [7, 11) is 3.06. The van der Waals surface area contributed by atoms with Gasteiger partial charge < -0.3 is 60.1 Å². The van der Waals surface area contributed by atoms with Gasteiger partial charge in [0.05, 0.1) is 36.3 Å². The number of carbonyl (C=O) groups is 5. The predicted molar refractivity (Wildman–Crippen MR) is 275 cm³/mol. The summed E-state index contributed by atoms with van der Waals surface area (Å²) < 4.78 is 59.4. The molecule has 0 spiro atoms. The normalized spacial score (nSPS) is 19.6. The fourth-order valence-electron chi connectivity index (χ4n) is 8.86. The van der Waals surface area contributed by atoms with E-state index in [1.807, 2.05) is 0 Å². The predicted octanol–water partition coefficient (Wildman–Crippen LogP) is 2.75. The number of carboxylic acid groups (broad SMARTS) is 1. The highest BCUT2D eigenvalue weighted by atomic mass is 19.1. The smallest absolute Gasteiger partial charge is 0.431 e. The van der Waals surface area contributed by atoms with Crippen molar-refractivity contribution in [3.63, 3.8) is 0 Å². The molecule has 0 radical (unpaired) electrons. The molecule has 4 amide bonds. The van der Waals surface area contributed by atoms with Gasteiger partial charge in [0.15, 0.2) is 6.10 Å². The zero-order valence-electron chi connectivity index (χ0n) is 44.4. The second-order valence-corrected chi connectivity index (χ2v) is 19.8. The molecular weight excluding hydrogens is 1060 g/mol. The van der Waals surface area contributed by atoms with Crippen molar-refractivity contribution < 1.29 is 81.7 Å². The summed E-state index contributed by atoms with van der Waals surface area (Å²) in [6.45, 7) is 3.94. The molecule has 28 heteroatoms. The Morgan fingerprint density at radius 1 is 0.900 bits per heavy atom. The van der Waals surface area contributed by atoms with Gasteiger partial charge in [0.25, 0.3) is 5.56 Å². The van der Waals surface area contributed by atoms with Gasteiger partial charge >= 0.3 is 18.2 Å². The lowest BCUT2D eigenvalue weighted by atomic mass is 9.83. The molecule has 0 saturated carbocycles. The number of halogens is 2. The maximum atomic E-state index is 15.4. The number of aliphatic hydroxyl groups is 3. The minimum atomic E-state index is -2.01. The van der Waals surface area contributed by atoms with Crippen molar-refractivity contribution in [3.05, 3.63) is 111 Å². The number of unbranched alkanes of at least 4 members (excludes halogenated alkanes) is 2. The number of aryl methyl sites for hydroxylation is 1. The largest absolute Gasteiger partial charge is 0.479 e. The van der Waals surface area contributed by atoms with Crippen molar-refractivity contribution in [1.82, 2.24) is 45.6 Å². The minimum Gasteiger partial charge on any atom is -0.479 e. The Balaban J connectivity index is 1.05. The number of rotatable bonds is 24. The van der Waals surface area contributed by atoms with Crippen LogP contribution in [0.4, 0.5) is 24.1 Å². The fourth-order valence-corrected chi connectivity index (χ4v) is 8.86. The average molecular weight is 1120 g/mol. The second kappa shape index (κ2) is 26.8. The molecule has 2 aliphatic rings. The molecular formula is C52H64F2N10O16. The minimum absolute atomic E-state index is 0.0264. The number of ether oxygens (including phenoxy) is 5. The number of carbonyl (C=O) groups excluding carboxylic acids is 4. The number of hydrogen-bond acceptors (Lipinski definition) is 19. The summed E-state index contributed by atoms with van der Waals surface area (Å²) in [5.41, 5.74) is 2.36. The van der Waals surface area contributed by atoms with Gasteiger partial charge in [-0.15, -0.1) is 0 Å². The molecule has 7 atom stereocenters. The first-order chi connectivity index (χ1) is 38.1. The maximum Gasteiger partial charge on any atom is 0.431 e. The van der Waals surface area contributed by atoms with Gasteiger partial charge in [0.2, 0.25) is 18.1 Å². The van der Waals surface area contributed by atoms with Crippen LogP contribution in [0.15, 0.2) is 65.7 Å². The Labute approximate surface area is 456 Å². The van der Waals surface area contributed by atoms with E-state index in [1.54, 1.807) is 40.0 Å². The molecule has 2 aromatic heterocycles. The summed E-state index contributed by atoms with van der Waals surface area (Å²) in [4.78, 5) is 88.2. The Hall–Kier alpha value is -7.89. The van der Waals surface area contributed by atoms with Gasteiger partial charge in [0.1, 0.15) is 66.7 Å². The van der Waals surface area contributed by atoms with Gasteiger partial charge in [0, 0.05) is 63.3 Å². The molecule has 0 unspecified atom stereocenters. The van der Waals surface area contributed by atoms with Crippen LogP contribution in [0.3, 0.4) is 0 Å². The molecule has 1 fully saturated rings. The third kappa shape index (κ3) is 15.3. The Morgan fingerprint density at radius 3 is 2.35 bits per heavy atom. The average Bonchev–Trinajstić information content (AvgIpc) is 3.86. The second-order valence-electron chi connectivity index (χ2n) is 19.8. The van der Waals surface area contributed by atoms with Crippen LogP contribution in [-0.4, -0.2) is 150 Å². The van der Waals surface area contributed by atoms with E-state index in [0.717, 1.165) is 15.6 Å². The molecule has 3 aromatic carbocycles. The lowest BCUT2D eigenvalue weighted by molar-refractivity contribution is -0.271. The van der Waals surface area contributed by atoms with Gasteiger partial charge in [-0.25, -0.2) is 32.8 Å². The van der Waals surface area contributed by atoms with Crippen molar-refractivity contribution >= 4 is 46.4 Å². The Morgan fingerprint density at radius 2 is 1.65 bits per heavy atom. The van der Waals surface area contributed by atoms with Crippen LogP contribution >= 0.6 is 0 Å². The summed E-state index contributed by atoms with van der Waals surface area (Å²) in [6, 6.07) is 11.5. The molecule has 0 aliphatic carbocycles. The molecule has 1 saturated heterocycles.